The zero-order valence-corrected chi connectivity index (χ0v) is 22.2. The van der Waals surface area contributed by atoms with Gasteiger partial charge in [-0.2, -0.15) is 5.10 Å². The van der Waals surface area contributed by atoms with Crippen molar-refractivity contribution in [1.82, 2.24) is 14.8 Å². The minimum absolute atomic E-state index is 0.0396. The van der Waals surface area contributed by atoms with Crippen LogP contribution < -0.4 is 9.80 Å². The van der Waals surface area contributed by atoms with E-state index in [0.717, 1.165) is 52.4 Å². The van der Waals surface area contributed by atoms with Gasteiger partial charge in [0.2, 0.25) is 0 Å². The van der Waals surface area contributed by atoms with Crippen LogP contribution in [-0.4, -0.2) is 71.4 Å². The Morgan fingerprint density at radius 2 is 1.74 bits per heavy atom. The highest BCUT2D eigenvalue weighted by Gasteiger charge is 2.25. The summed E-state index contributed by atoms with van der Waals surface area (Å²) in [6.07, 6.45) is -0.312. The second-order valence-corrected chi connectivity index (χ2v) is 10.5. The molecular weight excluding hydrogens is 497 g/mol. The number of fused-ring (bicyclic) bond motifs is 1. The van der Waals surface area contributed by atoms with E-state index >= 15 is 0 Å². The molecule has 2 aromatic carbocycles. The zero-order valence-electron chi connectivity index (χ0n) is 22.2. The summed E-state index contributed by atoms with van der Waals surface area (Å²) in [5.41, 5.74) is 5.78. The molecule has 1 N–H and O–H groups in total. The van der Waals surface area contributed by atoms with Crippen LogP contribution in [0.1, 0.15) is 42.4 Å². The Morgan fingerprint density at radius 1 is 1.00 bits per heavy atom. The highest BCUT2D eigenvalue weighted by molar-refractivity contribution is 6.00. The number of carbonyl (C=O) groups is 1. The van der Waals surface area contributed by atoms with Crippen LogP contribution in [0.5, 0.6) is 0 Å². The van der Waals surface area contributed by atoms with Crippen molar-refractivity contribution >= 4 is 28.4 Å². The first-order valence-electron chi connectivity index (χ1n) is 13.5. The number of nitrogens with zero attached hydrogens (tertiary/aromatic N) is 5. The van der Waals surface area contributed by atoms with Crippen molar-refractivity contribution in [2.75, 3.05) is 49.2 Å². The fourth-order valence-electron chi connectivity index (χ4n) is 5.51. The molecule has 0 amide bonds. The van der Waals surface area contributed by atoms with Gasteiger partial charge in [0, 0.05) is 37.6 Å². The monoisotopic (exact) mass is 529 g/mol. The fraction of sp³-hybridized carbons (Fsp3) is 0.367. The minimum atomic E-state index is -1.10. The number of hydrogen-bond acceptors (Lipinski definition) is 6. The predicted octanol–water partition coefficient (Wildman–Crippen LogP) is 5.29. The van der Waals surface area contributed by atoms with Gasteiger partial charge in [-0.25, -0.2) is 18.9 Å². The Bertz CT molecular complexity index is 1510. The number of carboxylic acid groups (broad SMARTS) is 1. The average Bonchev–Trinajstić information content (AvgIpc) is 3.57. The summed E-state index contributed by atoms with van der Waals surface area (Å²) in [6, 6.07) is 17.7. The van der Waals surface area contributed by atoms with Gasteiger partial charge in [0.25, 0.3) is 0 Å². The predicted molar refractivity (Wildman–Crippen MR) is 150 cm³/mol. The molecule has 2 fully saturated rings. The zero-order chi connectivity index (χ0) is 27.1. The van der Waals surface area contributed by atoms with Crippen LogP contribution >= 0.6 is 0 Å². The Kier molecular flexibility index (Phi) is 6.68. The summed E-state index contributed by atoms with van der Waals surface area (Å²) in [5, 5.41) is 15.8. The van der Waals surface area contributed by atoms with E-state index in [1.165, 1.54) is 0 Å². The number of halogens is 1. The van der Waals surface area contributed by atoms with Gasteiger partial charge < -0.3 is 19.6 Å². The van der Waals surface area contributed by atoms with Crippen LogP contribution in [0, 0.1) is 0 Å². The molecule has 1 atom stereocenters. The number of rotatable bonds is 6. The average molecular weight is 530 g/mol. The largest absolute Gasteiger partial charge is 0.477 e. The molecule has 2 aliphatic heterocycles. The number of hydrogen-bond donors (Lipinski definition) is 1. The topological polar surface area (TPSA) is 83.7 Å². The second kappa shape index (κ2) is 10.3. The van der Waals surface area contributed by atoms with Crippen molar-refractivity contribution in [3.05, 3.63) is 66.0 Å². The van der Waals surface area contributed by atoms with Crippen LogP contribution in [-0.2, 0) is 4.74 Å². The lowest BCUT2D eigenvalue weighted by Gasteiger charge is -2.29. The highest BCUT2D eigenvalue weighted by atomic mass is 19.1. The molecular formula is C30H32FN5O3. The van der Waals surface area contributed by atoms with Gasteiger partial charge in [-0.3, -0.25) is 0 Å². The molecule has 6 rings (SSSR count). The number of carboxylic acids is 1. The molecule has 0 saturated carbocycles. The van der Waals surface area contributed by atoms with E-state index in [4.69, 9.17) is 9.84 Å². The van der Waals surface area contributed by atoms with Gasteiger partial charge in [-0.15, -0.1) is 0 Å². The second-order valence-electron chi connectivity index (χ2n) is 10.5. The number of benzene rings is 2. The first kappa shape index (κ1) is 25.3. The normalized spacial score (nSPS) is 17.9. The summed E-state index contributed by atoms with van der Waals surface area (Å²) in [7, 11) is 0. The number of aromatic carboxylic acids is 1. The van der Waals surface area contributed by atoms with Gasteiger partial charge in [0.1, 0.15) is 6.17 Å². The van der Waals surface area contributed by atoms with E-state index in [-0.39, 0.29) is 11.6 Å². The van der Waals surface area contributed by atoms with E-state index in [1.807, 2.05) is 41.3 Å². The Balaban J connectivity index is 1.49. The van der Waals surface area contributed by atoms with Crippen molar-refractivity contribution in [1.29, 1.82) is 0 Å². The van der Waals surface area contributed by atoms with Crippen LogP contribution in [0.3, 0.4) is 0 Å². The first-order valence-corrected chi connectivity index (χ1v) is 13.5. The lowest BCUT2D eigenvalue weighted by Crippen LogP contribution is -2.36. The summed E-state index contributed by atoms with van der Waals surface area (Å²) < 4.78 is 21.1. The van der Waals surface area contributed by atoms with Crippen LogP contribution in [0.25, 0.3) is 27.8 Å². The summed E-state index contributed by atoms with van der Waals surface area (Å²) in [4.78, 5) is 21.1. The van der Waals surface area contributed by atoms with E-state index in [1.54, 1.807) is 10.7 Å². The summed E-state index contributed by atoms with van der Waals surface area (Å²) >= 11 is 0. The Morgan fingerprint density at radius 3 is 2.41 bits per heavy atom. The minimum Gasteiger partial charge on any atom is -0.477 e. The van der Waals surface area contributed by atoms with Gasteiger partial charge >= 0.3 is 5.97 Å². The van der Waals surface area contributed by atoms with Gasteiger partial charge in [-0.05, 0) is 59.9 Å². The molecule has 39 heavy (non-hydrogen) atoms. The fourth-order valence-corrected chi connectivity index (χ4v) is 5.51. The molecule has 0 spiro atoms. The van der Waals surface area contributed by atoms with E-state index < -0.39 is 12.1 Å². The van der Waals surface area contributed by atoms with Crippen molar-refractivity contribution in [2.24, 2.45) is 0 Å². The molecule has 4 heterocycles. The number of ether oxygens (including phenoxy) is 1. The third kappa shape index (κ3) is 4.83. The smallest absolute Gasteiger partial charge is 0.354 e. The third-order valence-electron chi connectivity index (χ3n) is 7.56. The molecule has 0 bridgehead atoms. The molecule has 2 aromatic heterocycles. The summed E-state index contributed by atoms with van der Waals surface area (Å²) in [6.45, 7) is 8.27. The third-order valence-corrected chi connectivity index (χ3v) is 7.56. The maximum absolute atomic E-state index is 13.9. The summed E-state index contributed by atoms with van der Waals surface area (Å²) in [5.74, 6) is -1.02. The molecule has 2 aliphatic rings. The molecule has 202 valence electrons. The molecule has 1 unspecified atom stereocenters. The molecule has 0 aliphatic carbocycles. The van der Waals surface area contributed by atoms with Crippen molar-refractivity contribution < 1.29 is 19.0 Å². The van der Waals surface area contributed by atoms with Crippen LogP contribution in [0.4, 0.5) is 15.8 Å². The van der Waals surface area contributed by atoms with E-state index in [2.05, 4.69) is 35.9 Å². The van der Waals surface area contributed by atoms with E-state index in [0.29, 0.717) is 38.4 Å². The number of aromatic nitrogens is 3. The van der Waals surface area contributed by atoms with Gasteiger partial charge in [0.15, 0.2) is 11.3 Å². The van der Waals surface area contributed by atoms with E-state index in [9.17, 15) is 14.3 Å². The maximum Gasteiger partial charge on any atom is 0.354 e. The van der Waals surface area contributed by atoms with Crippen molar-refractivity contribution in [3.8, 4) is 16.8 Å². The Labute approximate surface area is 226 Å². The first-order chi connectivity index (χ1) is 18.9. The number of pyridine rings is 1. The highest BCUT2D eigenvalue weighted by Crippen LogP contribution is 2.37. The quantitative estimate of drug-likeness (QED) is 0.363. The molecule has 0 radical (unpaired) electrons. The molecule has 8 nitrogen and oxygen atoms in total. The van der Waals surface area contributed by atoms with Crippen molar-refractivity contribution in [2.45, 2.75) is 32.4 Å². The van der Waals surface area contributed by atoms with Gasteiger partial charge in [-0.1, -0.05) is 32.0 Å². The van der Waals surface area contributed by atoms with Crippen molar-refractivity contribution in [3.63, 3.8) is 0 Å². The standard InChI is InChI=1S/C30H32FN5O3/c1-19(2)28-27-25(20-6-8-22(9-7-20)34-12-14-39-15-13-34)17-26(30(37)38)32-29(27)36(33-28)24-5-3-4-23(16-24)35-11-10-21(31)18-35/h3-9,16-17,19,21H,10-15,18H2,1-2H3,(H,37,38). The number of anilines is 2. The van der Waals surface area contributed by atoms with Gasteiger partial charge in [0.05, 0.1) is 30.0 Å². The van der Waals surface area contributed by atoms with Crippen LogP contribution in [0.2, 0.25) is 0 Å². The lowest BCUT2D eigenvalue weighted by molar-refractivity contribution is 0.0691. The number of morpholine rings is 1. The van der Waals surface area contributed by atoms with Crippen LogP contribution in [0.15, 0.2) is 54.6 Å². The molecule has 9 heteroatoms. The SMILES string of the molecule is CC(C)c1nn(-c2cccc(N3CCC(F)C3)c2)c2nc(C(=O)O)cc(-c3ccc(N4CCOCC4)cc3)c12. The molecule has 4 aromatic rings. The molecule has 2 saturated heterocycles. The number of alkyl halides is 1. The lowest BCUT2D eigenvalue weighted by atomic mass is 9.97. The Hall–Kier alpha value is -3.98. The maximum atomic E-state index is 13.9.